The molecule has 0 aromatic carbocycles. The van der Waals surface area contributed by atoms with Crippen LogP contribution < -0.4 is 0 Å². The molecule has 0 radical (unpaired) electrons. The van der Waals surface area contributed by atoms with Crippen molar-refractivity contribution < 1.29 is 4.74 Å². The molecule has 80 valence electrons. The summed E-state index contributed by atoms with van der Waals surface area (Å²) in [7, 11) is 1.73. The first-order valence-electron chi connectivity index (χ1n) is 4.95. The minimum absolute atomic E-state index is 0.363. The van der Waals surface area contributed by atoms with Crippen molar-refractivity contribution in [3.63, 3.8) is 0 Å². The number of methoxy groups -OCH3 is 1. The van der Waals surface area contributed by atoms with E-state index in [1.165, 1.54) is 0 Å². The summed E-state index contributed by atoms with van der Waals surface area (Å²) in [6.07, 6.45) is 4.29. The van der Waals surface area contributed by atoms with Crippen molar-refractivity contribution >= 4 is 12.2 Å². The standard InChI is InChI=1S/C10H18N2OS/c1-4-5-9(7-13-3)12-6-8(2)11-10(12)14/h6,9H,4-5,7H2,1-3H3,(H,11,14). The van der Waals surface area contributed by atoms with Crippen molar-refractivity contribution in [2.45, 2.75) is 32.7 Å². The van der Waals surface area contributed by atoms with Gasteiger partial charge in [0.15, 0.2) is 4.77 Å². The third-order valence-corrected chi connectivity index (χ3v) is 2.56. The second-order valence-corrected chi connectivity index (χ2v) is 3.93. The third-order valence-electron chi connectivity index (χ3n) is 2.25. The quantitative estimate of drug-likeness (QED) is 0.764. The largest absolute Gasteiger partial charge is 0.383 e. The molecule has 0 saturated heterocycles. The van der Waals surface area contributed by atoms with E-state index < -0.39 is 0 Å². The van der Waals surface area contributed by atoms with Gasteiger partial charge < -0.3 is 14.3 Å². The van der Waals surface area contributed by atoms with Crippen molar-refractivity contribution in [2.75, 3.05) is 13.7 Å². The lowest BCUT2D eigenvalue weighted by atomic mass is 10.2. The summed E-state index contributed by atoms with van der Waals surface area (Å²) in [5, 5.41) is 0. The Hall–Kier alpha value is -0.610. The molecule has 1 aromatic rings. The van der Waals surface area contributed by atoms with Gasteiger partial charge in [0.1, 0.15) is 0 Å². The summed E-state index contributed by atoms with van der Waals surface area (Å²) in [5.74, 6) is 0. The topological polar surface area (TPSA) is 29.9 Å². The molecule has 0 fully saturated rings. The van der Waals surface area contributed by atoms with Crippen LogP contribution in [0.4, 0.5) is 0 Å². The number of nitrogens with one attached hydrogen (secondary N) is 1. The summed E-state index contributed by atoms with van der Waals surface area (Å²) in [6.45, 7) is 4.91. The molecule has 14 heavy (non-hydrogen) atoms. The number of imidazole rings is 1. The van der Waals surface area contributed by atoms with Crippen LogP contribution in [0.5, 0.6) is 0 Å². The zero-order chi connectivity index (χ0) is 10.6. The van der Waals surface area contributed by atoms with Crippen LogP contribution in [0.1, 0.15) is 31.5 Å². The summed E-state index contributed by atoms with van der Waals surface area (Å²) in [4.78, 5) is 3.13. The molecule has 1 unspecified atom stereocenters. The summed E-state index contributed by atoms with van der Waals surface area (Å²) >= 11 is 5.23. The molecule has 3 nitrogen and oxygen atoms in total. The predicted molar refractivity (Wildman–Crippen MR) is 60.2 cm³/mol. The number of hydrogen-bond acceptors (Lipinski definition) is 2. The van der Waals surface area contributed by atoms with E-state index in [1.807, 2.05) is 6.92 Å². The molecule has 1 N–H and O–H groups in total. The molecular formula is C10H18N2OS. The van der Waals surface area contributed by atoms with Gasteiger partial charge in [0, 0.05) is 19.0 Å². The van der Waals surface area contributed by atoms with Crippen LogP contribution in [0.3, 0.4) is 0 Å². The van der Waals surface area contributed by atoms with Gasteiger partial charge in [-0.2, -0.15) is 0 Å². The van der Waals surface area contributed by atoms with Gasteiger partial charge in [-0.25, -0.2) is 0 Å². The van der Waals surface area contributed by atoms with Gasteiger partial charge in [-0.15, -0.1) is 0 Å². The van der Waals surface area contributed by atoms with Crippen molar-refractivity contribution in [2.24, 2.45) is 0 Å². The molecule has 0 amide bonds. The van der Waals surface area contributed by atoms with Crippen molar-refractivity contribution in [1.29, 1.82) is 0 Å². The summed E-state index contributed by atoms with van der Waals surface area (Å²) in [5.41, 5.74) is 1.10. The highest BCUT2D eigenvalue weighted by Crippen LogP contribution is 2.15. The first-order valence-corrected chi connectivity index (χ1v) is 5.36. The maximum absolute atomic E-state index is 5.23. The van der Waals surface area contributed by atoms with Crippen molar-refractivity contribution in [3.05, 3.63) is 16.7 Å². The van der Waals surface area contributed by atoms with E-state index in [0.29, 0.717) is 6.04 Å². The second-order valence-electron chi connectivity index (χ2n) is 3.55. The Bertz CT molecular complexity index is 323. The average Bonchev–Trinajstić information content (AvgIpc) is 2.45. The zero-order valence-corrected chi connectivity index (χ0v) is 9.86. The molecule has 4 heteroatoms. The zero-order valence-electron chi connectivity index (χ0n) is 9.04. The van der Waals surface area contributed by atoms with E-state index in [4.69, 9.17) is 17.0 Å². The van der Waals surface area contributed by atoms with Gasteiger partial charge in [-0.05, 0) is 25.6 Å². The summed E-state index contributed by atoms with van der Waals surface area (Å²) < 4.78 is 8.08. The third kappa shape index (κ3) is 2.69. The fourth-order valence-electron chi connectivity index (χ4n) is 1.63. The van der Waals surface area contributed by atoms with Crippen LogP contribution in [0.15, 0.2) is 6.20 Å². The lowest BCUT2D eigenvalue weighted by Crippen LogP contribution is -2.13. The SMILES string of the molecule is CCCC(COC)n1cc(C)[nH]c1=S. The molecule has 0 aliphatic carbocycles. The maximum Gasteiger partial charge on any atom is 0.177 e. The molecular weight excluding hydrogens is 196 g/mol. The normalized spacial score (nSPS) is 13.1. The van der Waals surface area contributed by atoms with E-state index in [-0.39, 0.29) is 0 Å². The molecule has 1 atom stereocenters. The Labute approximate surface area is 90.1 Å². The van der Waals surface area contributed by atoms with Crippen LogP contribution in [-0.2, 0) is 4.74 Å². The molecule has 1 aromatic heterocycles. The molecule has 0 saturated carbocycles. The number of aryl methyl sites for hydroxylation is 1. The monoisotopic (exact) mass is 214 g/mol. The minimum Gasteiger partial charge on any atom is -0.383 e. The average molecular weight is 214 g/mol. The Morgan fingerprint density at radius 1 is 1.64 bits per heavy atom. The molecule has 0 aliphatic heterocycles. The number of nitrogens with zero attached hydrogens (tertiary/aromatic N) is 1. The number of aromatic amines is 1. The smallest absolute Gasteiger partial charge is 0.177 e. The van der Waals surface area contributed by atoms with Crippen LogP contribution in [0, 0.1) is 11.7 Å². The fraction of sp³-hybridized carbons (Fsp3) is 0.700. The molecule has 1 rings (SSSR count). The lowest BCUT2D eigenvalue weighted by Gasteiger charge is -2.16. The number of H-pyrrole nitrogens is 1. The maximum atomic E-state index is 5.23. The van der Waals surface area contributed by atoms with E-state index in [0.717, 1.165) is 29.9 Å². The fourth-order valence-corrected chi connectivity index (χ4v) is 2.00. The van der Waals surface area contributed by atoms with Crippen LogP contribution in [-0.4, -0.2) is 23.3 Å². The van der Waals surface area contributed by atoms with E-state index in [1.54, 1.807) is 7.11 Å². The lowest BCUT2D eigenvalue weighted by molar-refractivity contribution is 0.149. The van der Waals surface area contributed by atoms with Crippen molar-refractivity contribution in [3.8, 4) is 0 Å². The number of rotatable bonds is 5. The predicted octanol–water partition coefficient (Wildman–Crippen LogP) is 2.84. The number of ether oxygens (including phenoxy) is 1. The van der Waals surface area contributed by atoms with E-state index in [2.05, 4.69) is 22.7 Å². The van der Waals surface area contributed by atoms with Gasteiger partial charge in [-0.3, -0.25) is 0 Å². The molecule has 0 bridgehead atoms. The first kappa shape index (κ1) is 11.5. The van der Waals surface area contributed by atoms with Gasteiger partial charge in [0.05, 0.1) is 12.6 Å². The Kier molecular flexibility index (Phi) is 4.35. The van der Waals surface area contributed by atoms with Gasteiger partial charge in [0.25, 0.3) is 0 Å². The second kappa shape index (κ2) is 5.32. The minimum atomic E-state index is 0.363. The van der Waals surface area contributed by atoms with Gasteiger partial charge in [0.2, 0.25) is 0 Å². The Morgan fingerprint density at radius 2 is 2.36 bits per heavy atom. The highest BCUT2D eigenvalue weighted by molar-refractivity contribution is 7.71. The molecule has 0 aliphatic rings. The number of aromatic nitrogens is 2. The summed E-state index contributed by atoms with van der Waals surface area (Å²) in [6, 6.07) is 0.363. The van der Waals surface area contributed by atoms with E-state index >= 15 is 0 Å². The van der Waals surface area contributed by atoms with Crippen LogP contribution in [0.25, 0.3) is 0 Å². The van der Waals surface area contributed by atoms with Crippen LogP contribution >= 0.6 is 12.2 Å². The van der Waals surface area contributed by atoms with Crippen molar-refractivity contribution in [1.82, 2.24) is 9.55 Å². The molecule has 1 heterocycles. The van der Waals surface area contributed by atoms with Gasteiger partial charge >= 0.3 is 0 Å². The van der Waals surface area contributed by atoms with Crippen LogP contribution in [0.2, 0.25) is 0 Å². The molecule has 0 spiro atoms. The van der Waals surface area contributed by atoms with Gasteiger partial charge in [-0.1, -0.05) is 13.3 Å². The Morgan fingerprint density at radius 3 is 2.79 bits per heavy atom. The number of hydrogen-bond donors (Lipinski definition) is 1. The first-order chi connectivity index (χ1) is 6.69. The highest BCUT2D eigenvalue weighted by atomic mass is 32.1. The Balaban J connectivity index is 2.86. The van der Waals surface area contributed by atoms with E-state index in [9.17, 15) is 0 Å². The highest BCUT2D eigenvalue weighted by Gasteiger charge is 2.10.